The second kappa shape index (κ2) is 2.97. The van der Waals surface area contributed by atoms with Crippen LogP contribution >= 0.6 is 0 Å². The molecule has 1 atom stereocenters. The lowest BCUT2D eigenvalue weighted by atomic mass is 10.1. The molecule has 1 aliphatic rings. The first-order valence-corrected chi connectivity index (χ1v) is 4.09. The third kappa shape index (κ3) is 1.20. The smallest absolute Gasteiger partial charge is 0.209 e. The van der Waals surface area contributed by atoms with E-state index < -0.39 is 0 Å². The monoisotopic (exact) mass is 165 g/mol. The van der Waals surface area contributed by atoms with E-state index >= 15 is 0 Å². The number of nitrogens with zero attached hydrogens (tertiary/aromatic N) is 2. The van der Waals surface area contributed by atoms with Gasteiger partial charge in [0.25, 0.3) is 0 Å². The molecule has 1 aromatic heterocycles. The molecule has 1 aromatic rings. The van der Waals surface area contributed by atoms with Crippen molar-refractivity contribution >= 4 is 6.41 Å². The molecule has 12 heavy (non-hydrogen) atoms. The van der Waals surface area contributed by atoms with E-state index in [9.17, 15) is 4.79 Å². The molecule has 0 bridgehead atoms. The maximum atomic E-state index is 10.4. The Hall–Kier alpha value is -1.32. The molecule has 2 heterocycles. The molecule has 1 aliphatic heterocycles. The normalized spacial score (nSPS) is 23.0. The van der Waals surface area contributed by atoms with E-state index in [-0.39, 0.29) is 0 Å². The molecule has 4 heteroatoms. The van der Waals surface area contributed by atoms with E-state index in [4.69, 9.17) is 0 Å². The van der Waals surface area contributed by atoms with Gasteiger partial charge in [0, 0.05) is 30.9 Å². The van der Waals surface area contributed by atoms with Gasteiger partial charge in [-0.2, -0.15) is 5.10 Å². The van der Waals surface area contributed by atoms with E-state index in [1.165, 1.54) is 0 Å². The fraction of sp³-hybridized carbons (Fsp3) is 0.500. The topological polar surface area (TPSA) is 49.0 Å². The van der Waals surface area contributed by atoms with Crippen molar-refractivity contribution in [2.75, 3.05) is 13.1 Å². The maximum Gasteiger partial charge on any atom is 0.209 e. The lowest BCUT2D eigenvalue weighted by molar-refractivity contribution is -0.117. The Bertz CT molecular complexity index is 257. The summed E-state index contributed by atoms with van der Waals surface area (Å²) >= 11 is 0. The summed E-state index contributed by atoms with van der Waals surface area (Å²) in [6.07, 6.45) is 3.70. The van der Waals surface area contributed by atoms with Gasteiger partial charge in [-0.15, -0.1) is 0 Å². The first-order chi connectivity index (χ1) is 5.90. The number of H-pyrrole nitrogens is 1. The van der Waals surface area contributed by atoms with Crippen molar-refractivity contribution in [3.63, 3.8) is 0 Å². The van der Waals surface area contributed by atoms with E-state index in [0.717, 1.165) is 31.6 Å². The Labute approximate surface area is 70.6 Å². The second-order valence-electron chi connectivity index (χ2n) is 3.10. The molecule has 0 aliphatic carbocycles. The van der Waals surface area contributed by atoms with Gasteiger partial charge >= 0.3 is 0 Å². The van der Waals surface area contributed by atoms with Crippen LogP contribution in [0.1, 0.15) is 18.0 Å². The lowest BCUT2D eigenvalue weighted by Gasteiger charge is -2.07. The number of nitrogens with one attached hydrogen (secondary N) is 1. The zero-order valence-electron chi connectivity index (χ0n) is 6.73. The molecule has 0 spiro atoms. The Balaban J connectivity index is 2.04. The van der Waals surface area contributed by atoms with Crippen LogP contribution in [0.2, 0.25) is 0 Å². The molecule has 4 nitrogen and oxygen atoms in total. The van der Waals surface area contributed by atoms with E-state index in [1.807, 2.05) is 6.07 Å². The van der Waals surface area contributed by atoms with Crippen molar-refractivity contribution in [1.29, 1.82) is 0 Å². The summed E-state index contributed by atoms with van der Waals surface area (Å²) in [6.45, 7) is 1.69. The van der Waals surface area contributed by atoms with Crippen LogP contribution in [0.5, 0.6) is 0 Å². The maximum absolute atomic E-state index is 10.4. The highest BCUT2D eigenvalue weighted by Crippen LogP contribution is 2.23. The van der Waals surface area contributed by atoms with Crippen LogP contribution in [0.4, 0.5) is 0 Å². The summed E-state index contributed by atoms with van der Waals surface area (Å²) in [5.74, 6) is 0.456. The molecule has 0 radical (unpaired) electrons. The van der Waals surface area contributed by atoms with Crippen LogP contribution in [0, 0.1) is 0 Å². The predicted octanol–water partition coefficient (Wildman–Crippen LogP) is 0.355. The molecule has 1 N–H and O–H groups in total. The standard InChI is InChI=1S/C8H11N3O/c12-6-11-4-2-7(5-11)8-1-3-9-10-8/h1,3,6-7H,2,4-5H2,(H,9,10)/t7-/m0/s1. The predicted molar refractivity (Wildman–Crippen MR) is 43.6 cm³/mol. The van der Waals surface area contributed by atoms with Crippen molar-refractivity contribution in [3.05, 3.63) is 18.0 Å². The van der Waals surface area contributed by atoms with Gasteiger partial charge < -0.3 is 4.90 Å². The summed E-state index contributed by atoms with van der Waals surface area (Å²) in [6, 6.07) is 1.97. The van der Waals surface area contributed by atoms with Gasteiger partial charge in [0.15, 0.2) is 0 Å². The Morgan fingerprint density at radius 3 is 3.25 bits per heavy atom. The van der Waals surface area contributed by atoms with Gasteiger partial charge in [0.1, 0.15) is 0 Å². The summed E-state index contributed by atoms with van der Waals surface area (Å²) < 4.78 is 0. The van der Waals surface area contributed by atoms with Crippen LogP contribution in [-0.4, -0.2) is 34.6 Å². The van der Waals surface area contributed by atoms with Gasteiger partial charge in [0.05, 0.1) is 0 Å². The molecule has 1 fully saturated rings. The van der Waals surface area contributed by atoms with Gasteiger partial charge in [-0.25, -0.2) is 0 Å². The van der Waals surface area contributed by atoms with Gasteiger partial charge in [-0.05, 0) is 12.5 Å². The Kier molecular flexibility index (Phi) is 1.81. The van der Waals surface area contributed by atoms with E-state index in [1.54, 1.807) is 11.1 Å². The summed E-state index contributed by atoms with van der Waals surface area (Å²) in [5, 5.41) is 6.82. The van der Waals surface area contributed by atoms with Crippen molar-refractivity contribution in [1.82, 2.24) is 15.1 Å². The quantitative estimate of drug-likeness (QED) is 0.643. The minimum absolute atomic E-state index is 0.456. The van der Waals surface area contributed by atoms with Crippen molar-refractivity contribution in [3.8, 4) is 0 Å². The number of carbonyl (C=O) groups excluding carboxylic acids is 1. The van der Waals surface area contributed by atoms with Crippen LogP contribution in [-0.2, 0) is 4.79 Å². The lowest BCUT2D eigenvalue weighted by Crippen LogP contribution is -2.17. The van der Waals surface area contributed by atoms with Gasteiger partial charge in [0.2, 0.25) is 6.41 Å². The van der Waals surface area contributed by atoms with Crippen LogP contribution < -0.4 is 0 Å². The van der Waals surface area contributed by atoms with Gasteiger partial charge in [-0.3, -0.25) is 9.89 Å². The van der Waals surface area contributed by atoms with Crippen LogP contribution in [0.15, 0.2) is 12.3 Å². The Morgan fingerprint density at radius 1 is 1.75 bits per heavy atom. The molecule has 0 saturated carbocycles. The molecular formula is C8H11N3O. The molecule has 0 unspecified atom stereocenters. The van der Waals surface area contributed by atoms with Crippen LogP contribution in [0.25, 0.3) is 0 Å². The highest BCUT2D eigenvalue weighted by Gasteiger charge is 2.23. The molecule has 0 aromatic carbocycles. The first kappa shape index (κ1) is 7.34. The number of hydrogen-bond acceptors (Lipinski definition) is 2. The number of aromatic nitrogens is 2. The summed E-state index contributed by atoms with van der Waals surface area (Å²) in [4.78, 5) is 12.2. The second-order valence-corrected chi connectivity index (χ2v) is 3.10. The minimum atomic E-state index is 0.456. The molecular weight excluding hydrogens is 154 g/mol. The zero-order valence-corrected chi connectivity index (χ0v) is 6.73. The molecule has 1 saturated heterocycles. The number of amides is 1. The Morgan fingerprint density at radius 2 is 2.67 bits per heavy atom. The average molecular weight is 165 g/mol. The summed E-state index contributed by atoms with van der Waals surface area (Å²) in [7, 11) is 0. The summed E-state index contributed by atoms with van der Waals surface area (Å²) in [5.41, 5.74) is 1.14. The van der Waals surface area contributed by atoms with E-state index in [2.05, 4.69) is 10.2 Å². The van der Waals surface area contributed by atoms with Crippen molar-refractivity contribution < 1.29 is 4.79 Å². The first-order valence-electron chi connectivity index (χ1n) is 4.09. The fourth-order valence-electron chi connectivity index (χ4n) is 1.63. The average Bonchev–Trinajstić information content (AvgIpc) is 2.75. The number of aromatic amines is 1. The molecule has 64 valence electrons. The van der Waals surface area contributed by atoms with Crippen molar-refractivity contribution in [2.45, 2.75) is 12.3 Å². The number of hydrogen-bond donors (Lipinski definition) is 1. The SMILES string of the molecule is O=CN1CC[C@H](c2ccn[nH]2)C1. The van der Waals surface area contributed by atoms with Crippen LogP contribution in [0.3, 0.4) is 0 Å². The van der Waals surface area contributed by atoms with Crippen molar-refractivity contribution in [2.24, 2.45) is 0 Å². The minimum Gasteiger partial charge on any atom is -0.345 e. The molecule has 1 amide bonds. The number of likely N-dealkylation sites (tertiary alicyclic amines) is 1. The fourth-order valence-corrected chi connectivity index (χ4v) is 1.63. The molecule has 2 rings (SSSR count). The third-order valence-electron chi connectivity index (χ3n) is 2.33. The highest BCUT2D eigenvalue weighted by molar-refractivity contribution is 5.48. The number of carbonyl (C=O) groups is 1. The van der Waals surface area contributed by atoms with E-state index in [0.29, 0.717) is 5.92 Å². The third-order valence-corrected chi connectivity index (χ3v) is 2.33. The van der Waals surface area contributed by atoms with Gasteiger partial charge in [-0.1, -0.05) is 0 Å². The number of rotatable bonds is 2. The zero-order chi connectivity index (χ0) is 8.39. The largest absolute Gasteiger partial charge is 0.345 e. The highest BCUT2D eigenvalue weighted by atomic mass is 16.1.